The first-order valence-electron chi connectivity index (χ1n) is 4.64. The van der Waals surface area contributed by atoms with Gasteiger partial charge in [0.05, 0.1) is 16.5 Å². The Balaban J connectivity index is 3.64. The first kappa shape index (κ1) is 13.0. The third-order valence-corrected chi connectivity index (χ3v) is 3.67. The molecule has 0 bridgehead atoms. The van der Waals surface area contributed by atoms with E-state index in [1.54, 1.807) is 6.07 Å². The predicted molar refractivity (Wildman–Crippen MR) is 61.5 cm³/mol. The molecule has 0 atom stereocenters. The molecule has 0 saturated heterocycles. The van der Waals surface area contributed by atoms with Crippen molar-refractivity contribution in [3.8, 4) is 6.07 Å². The molecule has 1 aromatic rings. The molecule has 86 valence electrons. The van der Waals surface area contributed by atoms with Crippen LogP contribution in [0.3, 0.4) is 0 Å². The van der Waals surface area contributed by atoms with Crippen molar-refractivity contribution in [3.63, 3.8) is 0 Å². The van der Waals surface area contributed by atoms with E-state index >= 15 is 0 Å². The van der Waals surface area contributed by atoms with Crippen LogP contribution in [0.1, 0.15) is 23.6 Å². The molecule has 0 radical (unpaired) electrons. The monoisotopic (exact) mass is 258 g/mol. The lowest BCUT2D eigenvalue weighted by molar-refractivity contribution is 0.608. The van der Waals surface area contributed by atoms with Gasteiger partial charge in [-0.1, -0.05) is 6.92 Å². The number of halogens is 1. The average Bonchev–Trinajstić information content (AvgIpc) is 2.25. The number of aryl methyl sites for hydroxylation is 1. The van der Waals surface area contributed by atoms with Crippen LogP contribution < -0.4 is 5.73 Å². The summed E-state index contributed by atoms with van der Waals surface area (Å²) < 4.78 is 22.7. The van der Waals surface area contributed by atoms with Crippen molar-refractivity contribution in [2.75, 3.05) is 0 Å². The highest BCUT2D eigenvalue weighted by Crippen LogP contribution is 2.25. The topological polar surface area (TPSA) is 84.0 Å². The second kappa shape index (κ2) is 4.83. The van der Waals surface area contributed by atoms with Gasteiger partial charge in [0.25, 0.3) is 9.05 Å². The Morgan fingerprint density at radius 2 is 2.12 bits per heavy atom. The highest BCUT2D eigenvalue weighted by Gasteiger charge is 2.18. The van der Waals surface area contributed by atoms with E-state index < -0.39 is 9.05 Å². The van der Waals surface area contributed by atoms with E-state index in [4.69, 9.17) is 21.7 Å². The van der Waals surface area contributed by atoms with E-state index in [0.717, 1.165) is 5.56 Å². The number of nitriles is 1. The molecule has 1 rings (SSSR count). The van der Waals surface area contributed by atoms with Gasteiger partial charge in [-0.25, -0.2) is 8.42 Å². The van der Waals surface area contributed by atoms with Crippen molar-refractivity contribution in [2.45, 2.75) is 24.8 Å². The Kier molecular flexibility index (Phi) is 3.92. The number of rotatable bonds is 3. The molecule has 6 heteroatoms. The van der Waals surface area contributed by atoms with Gasteiger partial charge in [-0.05, 0) is 29.7 Å². The van der Waals surface area contributed by atoms with E-state index in [9.17, 15) is 8.42 Å². The molecule has 0 aliphatic rings. The average molecular weight is 259 g/mol. The van der Waals surface area contributed by atoms with Crippen molar-refractivity contribution in [2.24, 2.45) is 5.73 Å². The Hall–Kier alpha value is -1.09. The van der Waals surface area contributed by atoms with E-state index in [1.165, 1.54) is 6.07 Å². The molecule has 0 fully saturated rings. The lowest BCUT2D eigenvalue weighted by atomic mass is 10.0. The highest BCUT2D eigenvalue weighted by atomic mass is 35.7. The van der Waals surface area contributed by atoms with Gasteiger partial charge in [0.2, 0.25) is 0 Å². The van der Waals surface area contributed by atoms with Crippen LogP contribution >= 0.6 is 10.7 Å². The molecule has 0 aliphatic carbocycles. The maximum atomic E-state index is 11.3. The highest BCUT2D eigenvalue weighted by molar-refractivity contribution is 8.13. The molecule has 2 N–H and O–H groups in total. The Morgan fingerprint density at radius 3 is 2.50 bits per heavy atom. The number of nitrogens with two attached hydrogens (primary N) is 1. The van der Waals surface area contributed by atoms with Gasteiger partial charge in [0.1, 0.15) is 0 Å². The molecule has 0 amide bonds. The summed E-state index contributed by atoms with van der Waals surface area (Å²) in [5, 5.41) is 8.79. The Morgan fingerprint density at radius 1 is 1.50 bits per heavy atom. The third kappa shape index (κ3) is 2.53. The second-order valence-corrected chi connectivity index (χ2v) is 5.75. The third-order valence-electron chi connectivity index (χ3n) is 2.28. The first-order valence-corrected chi connectivity index (χ1v) is 6.95. The van der Waals surface area contributed by atoms with Crippen molar-refractivity contribution >= 4 is 19.7 Å². The minimum absolute atomic E-state index is 0.0624. The van der Waals surface area contributed by atoms with Crippen molar-refractivity contribution in [1.82, 2.24) is 0 Å². The molecule has 0 spiro atoms. The summed E-state index contributed by atoms with van der Waals surface area (Å²) in [6.45, 7) is 1.94. The minimum atomic E-state index is -3.87. The summed E-state index contributed by atoms with van der Waals surface area (Å²) in [6, 6.07) is 4.79. The number of benzene rings is 1. The summed E-state index contributed by atoms with van der Waals surface area (Å²) in [5.41, 5.74) is 7.00. The number of nitrogens with zero attached hydrogens (tertiary/aromatic N) is 1. The Bertz CT molecular complexity index is 547. The zero-order valence-electron chi connectivity index (χ0n) is 8.70. The molecule has 0 aliphatic heterocycles. The molecule has 16 heavy (non-hydrogen) atoms. The number of hydrogen-bond donors (Lipinski definition) is 1. The molecular formula is C10H11ClN2O2S. The summed E-state index contributed by atoms with van der Waals surface area (Å²) in [6.07, 6.45) is 0.599. The van der Waals surface area contributed by atoms with Gasteiger partial charge >= 0.3 is 0 Å². The zero-order chi connectivity index (χ0) is 12.3. The molecule has 0 heterocycles. The van der Waals surface area contributed by atoms with Gasteiger partial charge in [-0.15, -0.1) is 0 Å². The molecule has 0 unspecified atom stereocenters. The fraction of sp³-hybridized carbons (Fsp3) is 0.300. The van der Waals surface area contributed by atoms with E-state index in [0.29, 0.717) is 12.0 Å². The smallest absolute Gasteiger partial charge is 0.261 e. The van der Waals surface area contributed by atoms with Crippen LogP contribution in [-0.2, 0) is 22.0 Å². The summed E-state index contributed by atoms with van der Waals surface area (Å²) in [5.74, 6) is 0. The standard InChI is InChI=1S/C10H11ClN2O2S/c1-2-8-3-7(5-12)4-10(9(8)6-13)16(11,14)15/h3-4H,2,6,13H2,1H3. The zero-order valence-corrected chi connectivity index (χ0v) is 10.3. The van der Waals surface area contributed by atoms with E-state index in [1.807, 2.05) is 13.0 Å². The molecule has 0 aromatic heterocycles. The lowest BCUT2D eigenvalue weighted by Crippen LogP contribution is -2.08. The summed E-state index contributed by atoms with van der Waals surface area (Å²) >= 11 is 0. The van der Waals surface area contributed by atoms with Gasteiger partial charge in [0.15, 0.2) is 0 Å². The maximum Gasteiger partial charge on any atom is 0.261 e. The van der Waals surface area contributed by atoms with Crippen molar-refractivity contribution in [3.05, 3.63) is 28.8 Å². The lowest BCUT2D eigenvalue weighted by Gasteiger charge is -2.10. The molecule has 4 nitrogen and oxygen atoms in total. The molecular weight excluding hydrogens is 248 g/mol. The number of hydrogen-bond acceptors (Lipinski definition) is 4. The SMILES string of the molecule is CCc1cc(C#N)cc(S(=O)(=O)Cl)c1CN. The first-order chi connectivity index (χ1) is 7.43. The predicted octanol–water partition coefficient (Wildman–Crippen LogP) is 1.51. The summed E-state index contributed by atoms with van der Waals surface area (Å²) in [4.78, 5) is -0.0624. The van der Waals surface area contributed by atoms with Crippen LogP contribution in [-0.4, -0.2) is 8.42 Å². The van der Waals surface area contributed by atoms with Crippen LogP contribution in [0.25, 0.3) is 0 Å². The van der Waals surface area contributed by atoms with Crippen LogP contribution in [0.5, 0.6) is 0 Å². The van der Waals surface area contributed by atoms with Crippen molar-refractivity contribution < 1.29 is 8.42 Å². The summed E-state index contributed by atoms with van der Waals surface area (Å²) in [7, 11) is 1.44. The van der Waals surface area contributed by atoms with Crippen LogP contribution in [0, 0.1) is 11.3 Å². The van der Waals surface area contributed by atoms with Crippen LogP contribution in [0.2, 0.25) is 0 Å². The fourth-order valence-corrected chi connectivity index (χ4v) is 2.72. The largest absolute Gasteiger partial charge is 0.326 e. The van der Waals surface area contributed by atoms with Gasteiger partial charge in [-0.2, -0.15) is 5.26 Å². The normalized spacial score (nSPS) is 11.1. The fourth-order valence-electron chi connectivity index (χ4n) is 1.53. The van der Waals surface area contributed by atoms with Gasteiger partial charge < -0.3 is 5.73 Å². The Labute approximate surface area is 99.1 Å². The second-order valence-electron chi connectivity index (χ2n) is 3.22. The van der Waals surface area contributed by atoms with Crippen LogP contribution in [0.15, 0.2) is 17.0 Å². The van der Waals surface area contributed by atoms with Gasteiger partial charge in [0, 0.05) is 17.2 Å². The van der Waals surface area contributed by atoms with Crippen molar-refractivity contribution in [1.29, 1.82) is 5.26 Å². The maximum absolute atomic E-state index is 11.3. The van der Waals surface area contributed by atoms with E-state index in [2.05, 4.69) is 0 Å². The molecule has 1 aromatic carbocycles. The van der Waals surface area contributed by atoms with E-state index in [-0.39, 0.29) is 17.0 Å². The van der Waals surface area contributed by atoms with Gasteiger partial charge in [-0.3, -0.25) is 0 Å². The minimum Gasteiger partial charge on any atom is -0.326 e. The van der Waals surface area contributed by atoms with Crippen LogP contribution in [0.4, 0.5) is 0 Å². The molecule has 0 saturated carbocycles. The quantitative estimate of drug-likeness (QED) is 0.833.